The van der Waals surface area contributed by atoms with Gasteiger partial charge in [-0.3, -0.25) is 0 Å². The topological polar surface area (TPSA) is 25.2 Å². The Morgan fingerprint density at radius 2 is 1.90 bits per heavy atom. The third-order valence-electron chi connectivity index (χ3n) is 5.41. The lowest BCUT2D eigenvalue weighted by atomic mass is 9.74. The zero-order valence-electron chi connectivity index (χ0n) is 14.6. The highest BCUT2D eigenvalue weighted by Crippen LogP contribution is 2.41. The first-order chi connectivity index (χ1) is 10.1. The molecule has 120 valence electrons. The normalized spacial score (nSPS) is 24.2. The zero-order chi connectivity index (χ0) is 15.4. The molecule has 21 heavy (non-hydrogen) atoms. The van der Waals surface area contributed by atoms with Crippen molar-refractivity contribution in [3.8, 4) is 0 Å². The summed E-state index contributed by atoms with van der Waals surface area (Å²) < 4.78 is 5.91. The maximum atomic E-state index is 5.91. The van der Waals surface area contributed by atoms with Crippen molar-refractivity contribution in [3.63, 3.8) is 0 Å². The Balaban J connectivity index is 2.25. The summed E-state index contributed by atoms with van der Waals surface area (Å²) in [6.45, 7) is 12.2. The van der Waals surface area contributed by atoms with Crippen LogP contribution in [0.25, 0.3) is 0 Å². The van der Waals surface area contributed by atoms with Crippen LogP contribution in [-0.4, -0.2) is 6.54 Å². The van der Waals surface area contributed by atoms with E-state index in [2.05, 4.69) is 39.9 Å². The second-order valence-electron chi connectivity index (χ2n) is 6.89. The summed E-state index contributed by atoms with van der Waals surface area (Å²) in [5.74, 6) is 3.90. The molecule has 0 aromatic carbocycles. The van der Waals surface area contributed by atoms with Crippen molar-refractivity contribution in [2.45, 2.75) is 79.2 Å². The Labute approximate surface area is 130 Å². The second kappa shape index (κ2) is 7.49. The minimum absolute atomic E-state index is 0.483. The Morgan fingerprint density at radius 1 is 1.14 bits per heavy atom. The molecule has 3 unspecified atom stereocenters. The van der Waals surface area contributed by atoms with Gasteiger partial charge < -0.3 is 9.73 Å². The van der Waals surface area contributed by atoms with Crippen molar-refractivity contribution in [2.24, 2.45) is 11.8 Å². The number of hydrogen-bond acceptors (Lipinski definition) is 2. The van der Waals surface area contributed by atoms with Gasteiger partial charge in [0, 0.05) is 11.6 Å². The predicted octanol–water partition coefficient (Wildman–Crippen LogP) is 5.46. The van der Waals surface area contributed by atoms with Gasteiger partial charge in [-0.05, 0) is 64.0 Å². The van der Waals surface area contributed by atoms with Gasteiger partial charge in [-0.1, -0.05) is 33.1 Å². The smallest absolute Gasteiger partial charge is 0.106 e. The van der Waals surface area contributed by atoms with Crippen LogP contribution in [0.2, 0.25) is 0 Å². The number of furan rings is 1. The molecule has 2 nitrogen and oxygen atoms in total. The van der Waals surface area contributed by atoms with E-state index in [1.54, 1.807) is 0 Å². The maximum absolute atomic E-state index is 5.91. The first-order valence-electron chi connectivity index (χ1n) is 8.88. The molecule has 2 rings (SSSR count). The molecule has 3 atom stereocenters. The van der Waals surface area contributed by atoms with Crippen LogP contribution in [0.4, 0.5) is 0 Å². The fourth-order valence-corrected chi connectivity index (χ4v) is 4.08. The van der Waals surface area contributed by atoms with Crippen molar-refractivity contribution >= 4 is 0 Å². The van der Waals surface area contributed by atoms with Crippen LogP contribution in [0.3, 0.4) is 0 Å². The first kappa shape index (κ1) is 16.6. The van der Waals surface area contributed by atoms with Crippen LogP contribution in [0.5, 0.6) is 0 Å². The Morgan fingerprint density at radius 3 is 2.48 bits per heavy atom. The minimum atomic E-state index is 0.483. The molecule has 0 saturated heterocycles. The third-order valence-corrected chi connectivity index (χ3v) is 5.41. The van der Waals surface area contributed by atoms with E-state index < -0.39 is 0 Å². The summed E-state index contributed by atoms with van der Waals surface area (Å²) >= 11 is 0. The van der Waals surface area contributed by atoms with Gasteiger partial charge in [-0.15, -0.1) is 0 Å². The van der Waals surface area contributed by atoms with E-state index in [-0.39, 0.29) is 0 Å². The highest BCUT2D eigenvalue weighted by atomic mass is 16.3. The molecule has 0 spiro atoms. The van der Waals surface area contributed by atoms with Gasteiger partial charge in [0.05, 0.1) is 0 Å². The summed E-state index contributed by atoms with van der Waals surface area (Å²) in [6.07, 6.45) is 8.08. The lowest BCUT2D eigenvalue weighted by molar-refractivity contribution is 0.208. The minimum Gasteiger partial charge on any atom is -0.466 e. The van der Waals surface area contributed by atoms with Gasteiger partial charge in [0.25, 0.3) is 0 Å². The van der Waals surface area contributed by atoms with E-state index in [1.165, 1.54) is 49.7 Å². The molecule has 1 heterocycles. The molecular weight excluding hydrogens is 258 g/mol. The fourth-order valence-electron chi connectivity index (χ4n) is 4.08. The Bertz CT molecular complexity index is 449. The van der Waals surface area contributed by atoms with Crippen LogP contribution >= 0.6 is 0 Å². The molecule has 1 aliphatic carbocycles. The average Bonchev–Trinajstić information content (AvgIpc) is 2.74. The number of rotatable bonds is 6. The van der Waals surface area contributed by atoms with Crippen molar-refractivity contribution in [2.75, 3.05) is 6.54 Å². The van der Waals surface area contributed by atoms with Gasteiger partial charge in [0.2, 0.25) is 0 Å². The van der Waals surface area contributed by atoms with Crippen molar-refractivity contribution in [1.29, 1.82) is 0 Å². The molecule has 0 bridgehead atoms. The molecule has 1 N–H and O–H groups in total. The van der Waals surface area contributed by atoms with Gasteiger partial charge in [-0.25, -0.2) is 0 Å². The Hall–Kier alpha value is -0.760. The molecule has 1 aromatic rings. The number of nitrogens with one attached hydrogen (secondary N) is 1. The molecule has 1 aliphatic rings. The second-order valence-corrected chi connectivity index (χ2v) is 6.89. The van der Waals surface area contributed by atoms with Crippen molar-refractivity contribution in [3.05, 3.63) is 22.6 Å². The molecule has 0 amide bonds. The van der Waals surface area contributed by atoms with Crippen LogP contribution in [0.1, 0.15) is 81.1 Å². The van der Waals surface area contributed by atoms with E-state index in [4.69, 9.17) is 4.42 Å². The highest BCUT2D eigenvalue weighted by Gasteiger charge is 2.31. The maximum Gasteiger partial charge on any atom is 0.106 e. The van der Waals surface area contributed by atoms with E-state index in [1.807, 2.05) is 0 Å². The van der Waals surface area contributed by atoms with E-state index >= 15 is 0 Å². The molecule has 1 aromatic heterocycles. The van der Waals surface area contributed by atoms with E-state index in [0.717, 1.165) is 29.9 Å². The molecule has 1 saturated carbocycles. The van der Waals surface area contributed by atoms with Gasteiger partial charge >= 0.3 is 0 Å². The average molecular weight is 291 g/mol. The lowest BCUT2D eigenvalue weighted by Crippen LogP contribution is -2.32. The van der Waals surface area contributed by atoms with E-state index in [0.29, 0.717) is 6.04 Å². The summed E-state index contributed by atoms with van der Waals surface area (Å²) in [4.78, 5) is 0. The standard InChI is InChI=1S/C19H33NO/c1-6-11-20-19(17-10-8-9-16(7-2)12-17)18-13(3)14(4)21-15(18)5/h16-17,19-20H,6-12H2,1-5H3. The summed E-state index contributed by atoms with van der Waals surface area (Å²) in [5, 5.41) is 3.84. The van der Waals surface area contributed by atoms with Crippen LogP contribution in [0, 0.1) is 32.6 Å². The van der Waals surface area contributed by atoms with Gasteiger partial charge in [-0.2, -0.15) is 0 Å². The Kier molecular flexibility index (Phi) is 5.92. The van der Waals surface area contributed by atoms with E-state index in [9.17, 15) is 0 Å². The summed E-state index contributed by atoms with van der Waals surface area (Å²) in [7, 11) is 0. The fraction of sp³-hybridized carbons (Fsp3) is 0.789. The van der Waals surface area contributed by atoms with Gasteiger partial charge in [0.15, 0.2) is 0 Å². The monoisotopic (exact) mass is 291 g/mol. The largest absolute Gasteiger partial charge is 0.466 e. The first-order valence-corrected chi connectivity index (χ1v) is 8.88. The van der Waals surface area contributed by atoms with Crippen molar-refractivity contribution in [1.82, 2.24) is 5.32 Å². The SMILES string of the molecule is CCCNC(c1c(C)oc(C)c1C)C1CCCC(CC)C1. The summed E-state index contributed by atoms with van der Waals surface area (Å²) in [5.41, 5.74) is 2.81. The number of hydrogen-bond donors (Lipinski definition) is 1. The molecule has 0 radical (unpaired) electrons. The number of aryl methyl sites for hydroxylation is 2. The molecule has 0 aliphatic heterocycles. The third kappa shape index (κ3) is 3.71. The predicted molar refractivity (Wildman–Crippen MR) is 89.7 cm³/mol. The quantitative estimate of drug-likeness (QED) is 0.752. The highest BCUT2D eigenvalue weighted by molar-refractivity contribution is 5.34. The molecule has 1 fully saturated rings. The lowest BCUT2D eigenvalue weighted by Gasteiger charge is -2.35. The van der Waals surface area contributed by atoms with Crippen LogP contribution in [-0.2, 0) is 0 Å². The molecular formula is C19H33NO. The van der Waals surface area contributed by atoms with Crippen LogP contribution in [0.15, 0.2) is 4.42 Å². The van der Waals surface area contributed by atoms with Crippen LogP contribution < -0.4 is 5.32 Å². The van der Waals surface area contributed by atoms with Gasteiger partial charge in [0.1, 0.15) is 11.5 Å². The molecule has 2 heteroatoms. The summed E-state index contributed by atoms with van der Waals surface area (Å²) in [6, 6.07) is 0.483. The zero-order valence-corrected chi connectivity index (χ0v) is 14.6. The van der Waals surface area contributed by atoms with Crippen molar-refractivity contribution < 1.29 is 4.42 Å².